The first kappa shape index (κ1) is 21.7. The molecule has 2 aromatic rings. The van der Waals surface area contributed by atoms with Gasteiger partial charge in [0, 0.05) is 23.2 Å². The predicted octanol–water partition coefficient (Wildman–Crippen LogP) is 3.11. The van der Waals surface area contributed by atoms with Gasteiger partial charge in [-0.2, -0.15) is 10.4 Å². The second kappa shape index (κ2) is 9.67. The van der Waals surface area contributed by atoms with Crippen LogP contribution in [0.4, 0.5) is 11.6 Å². The fourth-order valence-electron chi connectivity index (χ4n) is 3.86. The Kier molecular flexibility index (Phi) is 7.00. The number of likely N-dealkylation sites (tertiary alicyclic amines) is 1. The van der Waals surface area contributed by atoms with Crippen LogP contribution in [-0.4, -0.2) is 56.8 Å². The number of nitrogens with one attached hydrogen (secondary N) is 2. The lowest BCUT2D eigenvalue weighted by Gasteiger charge is -2.26. The van der Waals surface area contributed by atoms with Crippen LogP contribution in [-0.2, 0) is 9.53 Å². The first-order valence-electron chi connectivity index (χ1n) is 10.3. The predicted molar refractivity (Wildman–Crippen MR) is 112 cm³/mol. The molecule has 1 aliphatic heterocycles. The van der Waals surface area contributed by atoms with Gasteiger partial charge in [0.1, 0.15) is 18.0 Å². The van der Waals surface area contributed by atoms with Crippen LogP contribution in [0.1, 0.15) is 63.3 Å². The summed E-state index contributed by atoms with van der Waals surface area (Å²) in [6.45, 7) is 6.41. The van der Waals surface area contributed by atoms with Gasteiger partial charge in [-0.25, -0.2) is 9.97 Å². The molecular weight excluding hydrogens is 382 g/mol. The molecule has 1 saturated heterocycles. The van der Waals surface area contributed by atoms with Gasteiger partial charge in [0.15, 0.2) is 11.5 Å². The van der Waals surface area contributed by atoms with E-state index in [2.05, 4.69) is 51.3 Å². The number of H-pyrrole nitrogens is 1. The standard InChI is InChI=1S/C14H14N6O2.C7H15N/c15-5-10-6-17-14(7-16-10)18-13-4-12(19-20-13)9-1-2-11(3-9)22-8-21;1-7(2)5-4-6-8(7)3/h4,6-9,11H,1-3H2,(H2,17,18,19,20);4-6H2,1-3H3. The van der Waals surface area contributed by atoms with Gasteiger partial charge >= 0.3 is 0 Å². The van der Waals surface area contributed by atoms with Gasteiger partial charge in [0.05, 0.1) is 12.4 Å². The molecular formula is C21H29N7O2. The average molecular weight is 412 g/mol. The number of anilines is 2. The van der Waals surface area contributed by atoms with Gasteiger partial charge < -0.3 is 15.0 Å². The number of ether oxygens (including phenoxy) is 1. The maximum Gasteiger partial charge on any atom is 0.293 e. The zero-order chi connectivity index (χ0) is 21.6. The number of carbonyl (C=O) groups excluding carboxylic acids is 1. The maximum absolute atomic E-state index is 10.4. The van der Waals surface area contributed by atoms with Crippen LogP contribution in [0.25, 0.3) is 0 Å². The molecule has 2 atom stereocenters. The highest BCUT2D eigenvalue weighted by Gasteiger charge is 2.29. The molecule has 0 aromatic carbocycles. The number of nitrogens with zero attached hydrogens (tertiary/aromatic N) is 5. The lowest BCUT2D eigenvalue weighted by molar-refractivity contribution is -0.133. The monoisotopic (exact) mass is 411 g/mol. The van der Waals surface area contributed by atoms with Crippen LogP contribution in [0.5, 0.6) is 0 Å². The van der Waals surface area contributed by atoms with E-state index < -0.39 is 0 Å². The highest BCUT2D eigenvalue weighted by molar-refractivity contribution is 5.51. The van der Waals surface area contributed by atoms with E-state index in [1.54, 1.807) is 0 Å². The van der Waals surface area contributed by atoms with Crippen molar-refractivity contribution >= 4 is 18.1 Å². The second-order valence-corrected chi connectivity index (χ2v) is 8.43. The van der Waals surface area contributed by atoms with Gasteiger partial charge in [-0.05, 0) is 59.5 Å². The Labute approximate surface area is 176 Å². The summed E-state index contributed by atoms with van der Waals surface area (Å²) in [6.07, 6.45) is 8.24. The van der Waals surface area contributed by atoms with Gasteiger partial charge in [0.2, 0.25) is 0 Å². The Bertz CT molecular complexity index is 872. The smallest absolute Gasteiger partial charge is 0.293 e. The van der Waals surface area contributed by atoms with Crippen molar-refractivity contribution in [2.45, 2.75) is 63.5 Å². The van der Waals surface area contributed by atoms with E-state index in [4.69, 9.17) is 10.00 Å². The molecule has 0 bridgehead atoms. The minimum Gasteiger partial charge on any atom is -0.465 e. The van der Waals surface area contributed by atoms with Crippen LogP contribution in [0, 0.1) is 11.3 Å². The first-order chi connectivity index (χ1) is 14.4. The summed E-state index contributed by atoms with van der Waals surface area (Å²) in [7, 11) is 2.20. The van der Waals surface area contributed by atoms with Crippen LogP contribution in [0.15, 0.2) is 18.5 Å². The Hall–Kier alpha value is -2.99. The summed E-state index contributed by atoms with van der Waals surface area (Å²) in [6, 6.07) is 3.82. The molecule has 0 spiro atoms. The Morgan fingerprint density at radius 3 is 2.73 bits per heavy atom. The van der Waals surface area contributed by atoms with Gasteiger partial charge in [-0.3, -0.25) is 9.89 Å². The van der Waals surface area contributed by atoms with E-state index in [0.717, 1.165) is 25.0 Å². The molecule has 9 heteroatoms. The third-order valence-electron chi connectivity index (χ3n) is 6.01. The molecule has 4 rings (SSSR count). The molecule has 2 aliphatic rings. The Balaban J connectivity index is 0.000000269. The summed E-state index contributed by atoms with van der Waals surface area (Å²) in [5.74, 6) is 1.46. The van der Waals surface area contributed by atoms with E-state index in [-0.39, 0.29) is 11.8 Å². The Morgan fingerprint density at radius 2 is 2.17 bits per heavy atom. The summed E-state index contributed by atoms with van der Waals surface area (Å²) in [5.41, 5.74) is 1.75. The third-order valence-corrected chi connectivity index (χ3v) is 6.01. The number of hydrogen-bond donors (Lipinski definition) is 2. The molecule has 30 heavy (non-hydrogen) atoms. The quantitative estimate of drug-likeness (QED) is 0.720. The van der Waals surface area contributed by atoms with Crippen LogP contribution in [0.3, 0.4) is 0 Å². The number of carbonyl (C=O) groups is 1. The van der Waals surface area contributed by atoms with Crippen molar-refractivity contribution < 1.29 is 9.53 Å². The lowest BCUT2D eigenvalue weighted by Crippen LogP contribution is -2.34. The summed E-state index contributed by atoms with van der Waals surface area (Å²) in [4.78, 5) is 20.8. The van der Waals surface area contributed by atoms with Gasteiger partial charge in [-0.15, -0.1) is 0 Å². The molecule has 9 nitrogen and oxygen atoms in total. The van der Waals surface area contributed by atoms with Crippen molar-refractivity contribution in [1.29, 1.82) is 5.26 Å². The van der Waals surface area contributed by atoms with E-state index in [9.17, 15) is 4.79 Å². The highest BCUT2D eigenvalue weighted by atomic mass is 16.5. The molecule has 160 valence electrons. The second-order valence-electron chi connectivity index (χ2n) is 8.43. The zero-order valence-corrected chi connectivity index (χ0v) is 17.8. The molecule has 3 heterocycles. The molecule has 2 fully saturated rings. The summed E-state index contributed by atoms with van der Waals surface area (Å²) in [5, 5.41) is 18.9. The maximum atomic E-state index is 10.4. The number of rotatable bonds is 5. The van der Waals surface area contributed by atoms with Gasteiger partial charge in [0.25, 0.3) is 6.47 Å². The largest absolute Gasteiger partial charge is 0.465 e. The van der Waals surface area contributed by atoms with E-state index in [1.165, 1.54) is 31.8 Å². The number of aromatic nitrogens is 4. The summed E-state index contributed by atoms with van der Waals surface area (Å²) >= 11 is 0. The van der Waals surface area contributed by atoms with Crippen LogP contribution >= 0.6 is 0 Å². The number of hydrogen-bond acceptors (Lipinski definition) is 8. The van der Waals surface area contributed by atoms with E-state index in [0.29, 0.717) is 29.6 Å². The highest BCUT2D eigenvalue weighted by Crippen LogP contribution is 2.35. The van der Waals surface area contributed by atoms with Gasteiger partial charge in [-0.1, -0.05) is 0 Å². The van der Waals surface area contributed by atoms with Crippen LogP contribution < -0.4 is 5.32 Å². The number of nitriles is 1. The molecule has 1 saturated carbocycles. The molecule has 2 unspecified atom stereocenters. The first-order valence-corrected chi connectivity index (χ1v) is 10.3. The van der Waals surface area contributed by atoms with Crippen molar-refractivity contribution in [2.24, 2.45) is 0 Å². The fraction of sp³-hybridized carbons (Fsp3) is 0.571. The molecule has 0 amide bonds. The third kappa shape index (κ3) is 5.54. The van der Waals surface area contributed by atoms with Crippen molar-refractivity contribution in [1.82, 2.24) is 25.1 Å². The van der Waals surface area contributed by atoms with Crippen LogP contribution in [0.2, 0.25) is 0 Å². The topological polar surface area (TPSA) is 120 Å². The molecule has 1 aliphatic carbocycles. The van der Waals surface area contributed by atoms with Crippen molar-refractivity contribution in [3.05, 3.63) is 29.8 Å². The Morgan fingerprint density at radius 1 is 1.33 bits per heavy atom. The van der Waals surface area contributed by atoms with Crippen molar-refractivity contribution in [3.8, 4) is 6.07 Å². The molecule has 2 N–H and O–H groups in total. The van der Waals surface area contributed by atoms with E-state index in [1.807, 2.05) is 12.1 Å². The number of aromatic amines is 1. The van der Waals surface area contributed by atoms with Crippen molar-refractivity contribution in [2.75, 3.05) is 18.9 Å². The molecule has 2 aromatic heterocycles. The summed E-state index contributed by atoms with van der Waals surface area (Å²) < 4.78 is 5.00. The van der Waals surface area contributed by atoms with Crippen molar-refractivity contribution in [3.63, 3.8) is 0 Å². The fourth-order valence-corrected chi connectivity index (χ4v) is 3.86. The minimum atomic E-state index is -0.00778. The lowest BCUT2D eigenvalue weighted by atomic mass is 10.0. The average Bonchev–Trinajstić information content (AvgIpc) is 3.45. The molecule has 0 radical (unpaired) electrons. The SMILES string of the molecule is CN1CCCC1(C)C.N#Cc1cnc(Nc2cc(C3CCC(OC=O)C3)[nH]n2)cn1. The normalized spacial score (nSPS) is 22.6. The van der Waals surface area contributed by atoms with E-state index >= 15 is 0 Å². The zero-order valence-electron chi connectivity index (χ0n) is 17.8. The minimum absolute atomic E-state index is 0.00778.